The van der Waals surface area contributed by atoms with Crippen LogP contribution in [0.25, 0.3) is 0 Å². The molecule has 18 heavy (non-hydrogen) atoms. The number of halogens is 1. The fourth-order valence-electron chi connectivity index (χ4n) is 1.36. The maximum atomic E-state index is 11.4. The molecule has 1 aromatic heterocycles. The smallest absolute Gasteiger partial charge is 0.228 e. The number of aromatic nitrogens is 3. The van der Waals surface area contributed by atoms with E-state index in [-0.39, 0.29) is 11.2 Å². The van der Waals surface area contributed by atoms with Crippen LogP contribution in [-0.4, -0.2) is 40.5 Å². The summed E-state index contributed by atoms with van der Waals surface area (Å²) < 4.78 is 0. The van der Waals surface area contributed by atoms with Gasteiger partial charge in [0.15, 0.2) is 0 Å². The molecule has 1 aromatic rings. The third-order valence-electron chi connectivity index (χ3n) is 2.41. The van der Waals surface area contributed by atoms with Crippen LogP contribution in [0.3, 0.4) is 0 Å². The van der Waals surface area contributed by atoms with Gasteiger partial charge in [-0.1, -0.05) is 0 Å². The molecule has 7 nitrogen and oxygen atoms in total. The minimum absolute atomic E-state index is 0.0407. The highest BCUT2D eigenvalue weighted by atomic mass is 35.5. The van der Waals surface area contributed by atoms with Crippen molar-refractivity contribution in [3.05, 3.63) is 5.28 Å². The summed E-state index contributed by atoms with van der Waals surface area (Å²) in [5.74, 6) is 0.789. The number of anilines is 2. The van der Waals surface area contributed by atoms with E-state index in [2.05, 4.69) is 30.9 Å². The van der Waals surface area contributed by atoms with Crippen LogP contribution in [0.2, 0.25) is 5.28 Å². The minimum atomic E-state index is 0.0407. The Hall–Kier alpha value is -1.63. The van der Waals surface area contributed by atoms with Gasteiger partial charge in [-0.2, -0.15) is 15.0 Å². The predicted octanol–water partition coefficient (Wildman–Crippen LogP) is 0.647. The molecular formula is C10H15ClN6O. The summed E-state index contributed by atoms with van der Waals surface area (Å²) in [7, 11) is 1.69. The molecule has 0 spiro atoms. The van der Waals surface area contributed by atoms with E-state index in [0.717, 1.165) is 12.8 Å². The normalized spacial score (nSPS) is 14.1. The molecular weight excluding hydrogens is 256 g/mol. The third-order valence-corrected chi connectivity index (χ3v) is 2.58. The molecule has 3 N–H and O–H groups in total. The maximum Gasteiger partial charge on any atom is 0.228 e. The number of rotatable bonds is 6. The topological polar surface area (TPSA) is 91.8 Å². The lowest BCUT2D eigenvalue weighted by Crippen LogP contribution is -2.27. The maximum absolute atomic E-state index is 11.4. The molecule has 2 rings (SSSR count). The second-order valence-electron chi connectivity index (χ2n) is 4.02. The number of carbonyl (C=O) groups is 1. The summed E-state index contributed by atoms with van der Waals surface area (Å²) in [5.41, 5.74) is 0. The van der Waals surface area contributed by atoms with E-state index < -0.39 is 0 Å². The Morgan fingerprint density at radius 1 is 1.33 bits per heavy atom. The molecule has 1 heterocycles. The van der Waals surface area contributed by atoms with Gasteiger partial charge < -0.3 is 16.0 Å². The first-order valence-electron chi connectivity index (χ1n) is 5.80. The number of hydrogen-bond donors (Lipinski definition) is 3. The van der Waals surface area contributed by atoms with E-state index >= 15 is 0 Å². The summed E-state index contributed by atoms with van der Waals surface area (Å²) in [5, 5.41) is 8.73. The SMILES string of the molecule is CNc1nc(Cl)nc(NCCC(=O)NC2CC2)n1. The van der Waals surface area contributed by atoms with Gasteiger partial charge >= 0.3 is 0 Å². The predicted molar refractivity (Wildman–Crippen MR) is 68.7 cm³/mol. The Bertz CT molecular complexity index is 436. The molecule has 0 atom stereocenters. The van der Waals surface area contributed by atoms with E-state index in [1.165, 1.54) is 0 Å². The van der Waals surface area contributed by atoms with E-state index in [0.29, 0.717) is 30.9 Å². The zero-order valence-corrected chi connectivity index (χ0v) is 10.8. The van der Waals surface area contributed by atoms with Crippen LogP contribution in [0.15, 0.2) is 0 Å². The van der Waals surface area contributed by atoms with E-state index in [1.807, 2.05) is 0 Å². The number of hydrogen-bond acceptors (Lipinski definition) is 6. The van der Waals surface area contributed by atoms with Gasteiger partial charge in [-0.25, -0.2) is 0 Å². The molecule has 0 aliphatic heterocycles. The highest BCUT2D eigenvalue weighted by Gasteiger charge is 2.22. The molecule has 0 radical (unpaired) electrons. The van der Waals surface area contributed by atoms with Crippen LogP contribution in [0.4, 0.5) is 11.9 Å². The number of nitrogens with one attached hydrogen (secondary N) is 3. The highest BCUT2D eigenvalue weighted by molar-refractivity contribution is 6.28. The number of nitrogens with zero attached hydrogens (tertiary/aromatic N) is 3. The summed E-state index contributed by atoms with van der Waals surface area (Å²) in [4.78, 5) is 23.3. The summed E-state index contributed by atoms with van der Waals surface area (Å²) in [6.07, 6.45) is 2.57. The second kappa shape index (κ2) is 5.81. The molecule has 1 saturated carbocycles. The second-order valence-corrected chi connectivity index (χ2v) is 4.36. The standard InChI is InChI=1S/C10H15ClN6O/c1-12-9-15-8(11)16-10(17-9)13-5-4-7(18)14-6-2-3-6/h6H,2-5H2,1H3,(H,14,18)(H2,12,13,15,16,17). The van der Waals surface area contributed by atoms with Crippen LogP contribution in [0, 0.1) is 0 Å². The molecule has 0 saturated heterocycles. The minimum Gasteiger partial charge on any atom is -0.357 e. The van der Waals surface area contributed by atoms with Gasteiger partial charge in [0.1, 0.15) is 0 Å². The molecule has 98 valence electrons. The molecule has 0 bridgehead atoms. The van der Waals surface area contributed by atoms with Crippen molar-refractivity contribution in [3.8, 4) is 0 Å². The molecule has 1 aliphatic carbocycles. The van der Waals surface area contributed by atoms with E-state index in [9.17, 15) is 4.79 Å². The summed E-state index contributed by atoms with van der Waals surface area (Å²) in [6, 6.07) is 0.389. The third kappa shape index (κ3) is 3.99. The summed E-state index contributed by atoms with van der Waals surface area (Å²) in [6.45, 7) is 0.460. The monoisotopic (exact) mass is 270 g/mol. The van der Waals surface area contributed by atoms with Crippen molar-refractivity contribution in [2.75, 3.05) is 24.2 Å². The first-order valence-corrected chi connectivity index (χ1v) is 6.17. The Morgan fingerprint density at radius 3 is 2.72 bits per heavy atom. The van der Waals surface area contributed by atoms with Crippen molar-refractivity contribution in [3.63, 3.8) is 0 Å². The van der Waals surface area contributed by atoms with Gasteiger partial charge in [-0.15, -0.1) is 0 Å². The Balaban J connectivity index is 1.78. The fourth-order valence-corrected chi connectivity index (χ4v) is 1.52. The zero-order chi connectivity index (χ0) is 13.0. The lowest BCUT2D eigenvalue weighted by atomic mass is 10.4. The van der Waals surface area contributed by atoms with Gasteiger partial charge in [0.05, 0.1) is 0 Å². The van der Waals surface area contributed by atoms with Gasteiger partial charge in [-0.3, -0.25) is 4.79 Å². The van der Waals surface area contributed by atoms with Crippen molar-refractivity contribution >= 4 is 29.4 Å². The van der Waals surface area contributed by atoms with Crippen LogP contribution < -0.4 is 16.0 Å². The van der Waals surface area contributed by atoms with Crippen LogP contribution >= 0.6 is 11.6 Å². The number of carbonyl (C=O) groups excluding carboxylic acids is 1. The van der Waals surface area contributed by atoms with Crippen molar-refractivity contribution < 1.29 is 4.79 Å². The molecule has 1 aliphatic rings. The quantitative estimate of drug-likeness (QED) is 0.703. The van der Waals surface area contributed by atoms with Crippen molar-refractivity contribution in [2.45, 2.75) is 25.3 Å². The largest absolute Gasteiger partial charge is 0.357 e. The van der Waals surface area contributed by atoms with Gasteiger partial charge in [0.2, 0.25) is 23.1 Å². The first-order chi connectivity index (χ1) is 8.67. The van der Waals surface area contributed by atoms with Crippen LogP contribution in [0.1, 0.15) is 19.3 Å². The van der Waals surface area contributed by atoms with Crippen molar-refractivity contribution in [1.82, 2.24) is 20.3 Å². The van der Waals surface area contributed by atoms with E-state index in [1.54, 1.807) is 7.05 Å². The molecule has 1 fully saturated rings. The lowest BCUT2D eigenvalue weighted by Gasteiger charge is -2.06. The molecule has 0 aromatic carbocycles. The van der Waals surface area contributed by atoms with E-state index in [4.69, 9.17) is 11.6 Å². The Labute approximate surface area is 110 Å². The fraction of sp³-hybridized carbons (Fsp3) is 0.600. The van der Waals surface area contributed by atoms with Crippen LogP contribution in [0.5, 0.6) is 0 Å². The Morgan fingerprint density at radius 2 is 2.06 bits per heavy atom. The molecule has 0 unspecified atom stereocenters. The lowest BCUT2D eigenvalue weighted by molar-refractivity contribution is -0.120. The first kappa shape index (κ1) is 12.8. The van der Waals surface area contributed by atoms with Crippen molar-refractivity contribution in [1.29, 1.82) is 0 Å². The van der Waals surface area contributed by atoms with Crippen molar-refractivity contribution in [2.24, 2.45) is 0 Å². The van der Waals surface area contributed by atoms with Gasteiger partial charge in [-0.05, 0) is 24.4 Å². The molecule has 8 heteroatoms. The average molecular weight is 271 g/mol. The van der Waals surface area contributed by atoms with Crippen LogP contribution in [-0.2, 0) is 4.79 Å². The molecule has 1 amide bonds. The number of amides is 1. The summed E-state index contributed by atoms with van der Waals surface area (Å²) >= 11 is 5.73. The van der Waals surface area contributed by atoms with Gasteiger partial charge in [0, 0.05) is 26.1 Å². The Kier molecular flexibility index (Phi) is 4.14. The average Bonchev–Trinajstić information content (AvgIpc) is 3.12. The highest BCUT2D eigenvalue weighted by Crippen LogP contribution is 2.18. The zero-order valence-electron chi connectivity index (χ0n) is 10.0. The van der Waals surface area contributed by atoms with Gasteiger partial charge in [0.25, 0.3) is 0 Å².